The van der Waals surface area contributed by atoms with Crippen LogP contribution in [0.1, 0.15) is 56.0 Å². The Bertz CT molecular complexity index is 1140. The van der Waals surface area contributed by atoms with Gasteiger partial charge in [0.15, 0.2) is 0 Å². The van der Waals surface area contributed by atoms with E-state index in [2.05, 4.69) is 35.8 Å². The summed E-state index contributed by atoms with van der Waals surface area (Å²) in [7, 11) is 3.60. The summed E-state index contributed by atoms with van der Waals surface area (Å²) in [6.45, 7) is 5.84. The number of aromatic amines is 1. The summed E-state index contributed by atoms with van der Waals surface area (Å²) in [6.07, 6.45) is 4.00. The monoisotopic (exact) mass is 495 g/mol. The number of carbonyl (C=O) groups excluding carboxylic acids is 1. The Morgan fingerprint density at radius 2 is 2.06 bits per heavy atom. The first-order chi connectivity index (χ1) is 17.3. The molecule has 7 heteroatoms. The van der Waals surface area contributed by atoms with Crippen LogP contribution in [0.2, 0.25) is 0 Å². The van der Waals surface area contributed by atoms with Crippen LogP contribution in [0.3, 0.4) is 0 Å². The second-order valence-corrected chi connectivity index (χ2v) is 10.4. The van der Waals surface area contributed by atoms with Crippen LogP contribution >= 0.6 is 0 Å². The standard InChI is InChI=1S/C29H38FN3O3/c1-20(2)28-23-18-22(30)12-11-21(23)13-14-29(28,36-27(34)19-35-4)15-17-33(3)16-7-10-26-31-24-8-5-6-9-25(24)32-26/h5-6,8-9,11-12,18,20,28H,7,10,13-17,19H2,1-4H3,(H,31,32)/t28-,29-/m0/s1. The summed E-state index contributed by atoms with van der Waals surface area (Å²) in [5.41, 5.74) is 3.47. The van der Waals surface area contributed by atoms with E-state index >= 15 is 0 Å². The quantitative estimate of drug-likeness (QED) is 0.367. The number of fused-ring (bicyclic) bond motifs is 2. The van der Waals surface area contributed by atoms with Gasteiger partial charge in [0.2, 0.25) is 0 Å². The molecular formula is C29H38FN3O3. The van der Waals surface area contributed by atoms with Gasteiger partial charge in [0.05, 0.1) is 11.0 Å². The molecule has 1 aliphatic rings. The van der Waals surface area contributed by atoms with Gasteiger partial charge in [-0.3, -0.25) is 0 Å². The fourth-order valence-electron chi connectivity index (χ4n) is 5.79. The number of methoxy groups -OCH3 is 1. The van der Waals surface area contributed by atoms with E-state index in [0.29, 0.717) is 6.42 Å². The van der Waals surface area contributed by atoms with Crippen LogP contribution in [-0.4, -0.2) is 60.3 Å². The van der Waals surface area contributed by atoms with Crippen molar-refractivity contribution < 1.29 is 18.7 Å². The summed E-state index contributed by atoms with van der Waals surface area (Å²) in [6, 6.07) is 13.1. The predicted molar refractivity (Wildman–Crippen MR) is 140 cm³/mol. The van der Waals surface area contributed by atoms with Gasteiger partial charge in [-0.15, -0.1) is 0 Å². The lowest BCUT2D eigenvalue weighted by Crippen LogP contribution is -2.49. The molecule has 1 N–H and O–H groups in total. The second kappa shape index (κ2) is 11.5. The van der Waals surface area contributed by atoms with Gasteiger partial charge in [-0.1, -0.05) is 32.0 Å². The number of carbonyl (C=O) groups is 1. The van der Waals surface area contributed by atoms with Crippen molar-refractivity contribution in [1.29, 1.82) is 0 Å². The normalized spacial score (nSPS) is 19.7. The minimum absolute atomic E-state index is 0.0818. The fraction of sp³-hybridized carbons (Fsp3) is 0.517. The van der Waals surface area contributed by atoms with Crippen LogP contribution in [0.25, 0.3) is 11.0 Å². The third kappa shape index (κ3) is 5.95. The Labute approximate surface area is 213 Å². The molecule has 1 aromatic heterocycles. The van der Waals surface area contributed by atoms with Crippen LogP contribution in [0.15, 0.2) is 42.5 Å². The second-order valence-electron chi connectivity index (χ2n) is 10.4. The third-order valence-corrected chi connectivity index (χ3v) is 7.38. The van der Waals surface area contributed by atoms with E-state index in [1.807, 2.05) is 30.3 Å². The van der Waals surface area contributed by atoms with Gasteiger partial charge in [-0.25, -0.2) is 14.2 Å². The van der Waals surface area contributed by atoms with Crippen molar-refractivity contribution in [3.63, 3.8) is 0 Å². The number of imidazole rings is 1. The lowest BCUT2D eigenvalue weighted by Gasteiger charge is -2.47. The van der Waals surface area contributed by atoms with E-state index in [1.165, 1.54) is 13.2 Å². The average molecular weight is 496 g/mol. The van der Waals surface area contributed by atoms with Crippen molar-refractivity contribution in [3.8, 4) is 0 Å². The zero-order valence-electron chi connectivity index (χ0n) is 21.9. The van der Waals surface area contributed by atoms with Crippen molar-refractivity contribution in [2.75, 3.05) is 33.9 Å². The molecular weight excluding hydrogens is 457 g/mol. The minimum Gasteiger partial charge on any atom is -0.457 e. The molecule has 0 unspecified atom stereocenters. The van der Waals surface area contributed by atoms with Crippen LogP contribution in [0.4, 0.5) is 4.39 Å². The van der Waals surface area contributed by atoms with Gasteiger partial charge in [0.1, 0.15) is 23.8 Å². The van der Waals surface area contributed by atoms with E-state index in [1.54, 1.807) is 6.07 Å². The van der Waals surface area contributed by atoms with E-state index in [9.17, 15) is 9.18 Å². The molecule has 0 aliphatic heterocycles. The van der Waals surface area contributed by atoms with Gasteiger partial charge < -0.3 is 19.4 Å². The highest BCUT2D eigenvalue weighted by Crippen LogP contribution is 2.48. The fourth-order valence-corrected chi connectivity index (χ4v) is 5.79. The Hall–Kier alpha value is -2.77. The SMILES string of the molecule is COCC(=O)O[C@]1(CCN(C)CCCc2nc3ccccc3[nH]2)CCc2ccc(F)cc2[C@@H]1C(C)C. The van der Waals surface area contributed by atoms with Crippen LogP contribution in [0, 0.1) is 11.7 Å². The number of esters is 1. The van der Waals surface area contributed by atoms with E-state index in [0.717, 1.165) is 66.8 Å². The highest BCUT2D eigenvalue weighted by Gasteiger charge is 2.47. The molecule has 0 radical (unpaired) electrons. The molecule has 194 valence electrons. The lowest BCUT2D eigenvalue weighted by atomic mass is 9.65. The van der Waals surface area contributed by atoms with Gasteiger partial charge in [-0.05, 0) is 74.2 Å². The van der Waals surface area contributed by atoms with Crippen molar-refractivity contribution >= 4 is 17.0 Å². The van der Waals surface area contributed by atoms with Crippen molar-refractivity contribution in [2.24, 2.45) is 5.92 Å². The number of para-hydroxylation sites is 2. The summed E-state index contributed by atoms with van der Waals surface area (Å²) in [5, 5.41) is 0. The Kier molecular flexibility index (Phi) is 8.42. The molecule has 36 heavy (non-hydrogen) atoms. The number of rotatable bonds is 11. The van der Waals surface area contributed by atoms with Crippen LogP contribution in [-0.2, 0) is 27.1 Å². The molecule has 2 aromatic carbocycles. The Morgan fingerprint density at radius 3 is 2.81 bits per heavy atom. The van der Waals surface area contributed by atoms with Crippen LogP contribution in [0.5, 0.6) is 0 Å². The topological polar surface area (TPSA) is 67.5 Å². The molecule has 2 atom stereocenters. The number of halogens is 1. The smallest absolute Gasteiger partial charge is 0.332 e. The van der Waals surface area contributed by atoms with Crippen molar-refractivity contribution in [3.05, 3.63) is 65.2 Å². The van der Waals surface area contributed by atoms with Gasteiger partial charge >= 0.3 is 5.97 Å². The molecule has 1 heterocycles. The maximum atomic E-state index is 14.3. The van der Waals surface area contributed by atoms with E-state index in [4.69, 9.17) is 9.47 Å². The van der Waals surface area contributed by atoms with Gasteiger partial charge in [-0.2, -0.15) is 0 Å². The Balaban J connectivity index is 1.45. The predicted octanol–water partition coefficient (Wildman–Crippen LogP) is 5.27. The molecule has 0 saturated heterocycles. The molecule has 0 bridgehead atoms. The number of H-pyrrole nitrogens is 1. The highest BCUT2D eigenvalue weighted by atomic mass is 19.1. The molecule has 3 aromatic rings. The Morgan fingerprint density at radius 1 is 1.25 bits per heavy atom. The number of ether oxygens (including phenoxy) is 2. The molecule has 0 fully saturated rings. The number of nitrogens with zero attached hydrogens (tertiary/aromatic N) is 2. The zero-order valence-corrected chi connectivity index (χ0v) is 21.9. The number of aromatic nitrogens is 2. The number of aryl methyl sites for hydroxylation is 2. The maximum absolute atomic E-state index is 14.3. The zero-order chi connectivity index (χ0) is 25.7. The first kappa shape index (κ1) is 26.3. The average Bonchev–Trinajstić information content (AvgIpc) is 3.25. The summed E-state index contributed by atoms with van der Waals surface area (Å²) >= 11 is 0. The summed E-state index contributed by atoms with van der Waals surface area (Å²) < 4.78 is 25.6. The highest BCUT2D eigenvalue weighted by molar-refractivity contribution is 5.74. The third-order valence-electron chi connectivity index (χ3n) is 7.38. The molecule has 1 aliphatic carbocycles. The first-order valence-electron chi connectivity index (χ1n) is 12.9. The summed E-state index contributed by atoms with van der Waals surface area (Å²) in [5.74, 6) is 0.485. The van der Waals surface area contributed by atoms with Gasteiger partial charge in [0.25, 0.3) is 0 Å². The number of nitrogens with one attached hydrogen (secondary N) is 1. The summed E-state index contributed by atoms with van der Waals surface area (Å²) in [4.78, 5) is 23.0. The molecule has 4 rings (SSSR count). The molecule has 0 amide bonds. The number of hydrogen-bond acceptors (Lipinski definition) is 5. The number of hydrogen-bond donors (Lipinski definition) is 1. The van der Waals surface area contributed by atoms with Crippen molar-refractivity contribution in [1.82, 2.24) is 14.9 Å². The largest absolute Gasteiger partial charge is 0.457 e. The maximum Gasteiger partial charge on any atom is 0.332 e. The van der Waals surface area contributed by atoms with Crippen molar-refractivity contribution in [2.45, 2.75) is 57.5 Å². The van der Waals surface area contributed by atoms with Gasteiger partial charge in [0, 0.05) is 32.4 Å². The minimum atomic E-state index is -0.697. The molecule has 0 saturated carbocycles. The number of benzene rings is 2. The first-order valence-corrected chi connectivity index (χ1v) is 12.9. The lowest BCUT2D eigenvalue weighted by molar-refractivity contribution is -0.172. The van der Waals surface area contributed by atoms with Crippen LogP contribution < -0.4 is 0 Å². The van der Waals surface area contributed by atoms with E-state index < -0.39 is 5.60 Å². The molecule has 0 spiro atoms. The van der Waals surface area contributed by atoms with E-state index in [-0.39, 0.29) is 30.2 Å². The molecule has 6 nitrogen and oxygen atoms in total.